The highest BCUT2D eigenvalue weighted by molar-refractivity contribution is 9.10. The molecule has 1 saturated heterocycles. The van der Waals surface area contributed by atoms with E-state index in [1.807, 2.05) is 0 Å². The van der Waals surface area contributed by atoms with Gasteiger partial charge in [-0.1, -0.05) is 0 Å². The number of benzene rings is 1. The van der Waals surface area contributed by atoms with Crippen molar-refractivity contribution in [3.8, 4) is 5.88 Å². The first-order chi connectivity index (χ1) is 10.1. The van der Waals surface area contributed by atoms with Gasteiger partial charge in [-0.15, -0.1) is 0 Å². The van der Waals surface area contributed by atoms with Crippen molar-refractivity contribution in [2.45, 2.75) is 6.04 Å². The molecule has 1 aromatic heterocycles. The second-order valence-corrected chi connectivity index (χ2v) is 5.55. The number of ether oxygens (including phenoxy) is 2. The fourth-order valence-electron chi connectivity index (χ4n) is 2.11. The third kappa shape index (κ3) is 3.22. The Balaban J connectivity index is 1.85. The fraction of sp³-hybridized carbons (Fsp3) is 0.385. The first kappa shape index (κ1) is 14.4. The summed E-state index contributed by atoms with van der Waals surface area (Å²) in [5, 5.41) is 3.22. The topological polar surface area (TPSA) is 76.2 Å². The smallest absolute Gasteiger partial charge is 0.311 e. The molecule has 2 N–H and O–H groups in total. The van der Waals surface area contributed by atoms with Crippen molar-refractivity contribution in [1.29, 1.82) is 0 Å². The van der Waals surface area contributed by atoms with Gasteiger partial charge in [0, 0.05) is 11.0 Å². The van der Waals surface area contributed by atoms with Gasteiger partial charge >= 0.3 is 5.56 Å². The van der Waals surface area contributed by atoms with Crippen LogP contribution in [0.4, 0.5) is 4.39 Å². The Bertz CT molecular complexity index is 716. The summed E-state index contributed by atoms with van der Waals surface area (Å²) in [6, 6.07) is 2.52. The number of hydrogen-bond donors (Lipinski definition) is 2. The zero-order chi connectivity index (χ0) is 14.8. The first-order valence-electron chi connectivity index (χ1n) is 6.46. The van der Waals surface area contributed by atoms with Crippen LogP contribution in [0.2, 0.25) is 0 Å². The van der Waals surface area contributed by atoms with Gasteiger partial charge in [-0.05, 0) is 28.1 Å². The van der Waals surface area contributed by atoms with Crippen molar-refractivity contribution in [2.24, 2.45) is 0 Å². The van der Waals surface area contributed by atoms with E-state index in [1.165, 1.54) is 12.1 Å². The molecular formula is C13H13BrFN3O3. The molecule has 0 unspecified atom stereocenters. The predicted molar refractivity (Wildman–Crippen MR) is 78.1 cm³/mol. The molecule has 0 radical (unpaired) electrons. The molecule has 2 aromatic rings. The molecule has 1 aromatic carbocycles. The van der Waals surface area contributed by atoms with Crippen molar-refractivity contribution in [3.63, 3.8) is 0 Å². The number of halogens is 2. The number of nitrogens with one attached hydrogen (secondary N) is 2. The van der Waals surface area contributed by atoms with E-state index in [1.54, 1.807) is 0 Å². The van der Waals surface area contributed by atoms with Crippen LogP contribution in [0.5, 0.6) is 5.88 Å². The Hall–Kier alpha value is -1.51. The lowest BCUT2D eigenvalue weighted by atomic mass is 10.3. The monoisotopic (exact) mass is 357 g/mol. The number of aromatic nitrogens is 2. The van der Waals surface area contributed by atoms with Crippen LogP contribution in [0.25, 0.3) is 11.0 Å². The average Bonchev–Trinajstić information content (AvgIpc) is 2.46. The number of aromatic amines is 1. The standard InChI is InChI=1S/C13H13BrFN3O3/c14-9-3-7(15)4-10-11(9)18-13(12(19)17-10)21-6-8-5-20-2-1-16-8/h3-4,8,16H,1-2,5-6H2,(H,17,19)/t8-/m0/s1. The van der Waals surface area contributed by atoms with Gasteiger partial charge in [0.2, 0.25) is 0 Å². The fourth-order valence-corrected chi connectivity index (χ4v) is 2.63. The third-order valence-electron chi connectivity index (χ3n) is 3.10. The summed E-state index contributed by atoms with van der Waals surface area (Å²) >= 11 is 3.22. The summed E-state index contributed by atoms with van der Waals surface area (Å²) in [6.07, 6.45) is 0. The predicted octanol–water partition coefficient (Wildman–Crippen LogP) is 1.19. The normalized spacial score (nSPS) is 18.9. The van der Waals surface area contributed by atoms with Crippen LogP contribution in [-0.4, -0.2) is 42.4 Å². The highest BCUT2D eigenvalue weighted by Crippen LogP contribution is 2.22. The van der Waals surface area contributed by atoms with E-state index in [0.717, 1.165) is 6.54 Å². The Morgan fingerprint density at radius 1 is 1.52 bits per heavy atom. The third-order valence-corrected chi connectivity index (χ3v) is 3.71. The number of H-pyrrole nitrogens is 1. The maximum absolute atomic E-state index is 13.3. The highest BCUT2D eigenvalue weighted by Gasteiger charge is 2.16. The Kier molecular flexibility index (Phi) is 4.18. The molecule has 3 rings (SSSR count). The van der Waals surface area contributed by atoms with Crippen molar-refractivity contribution in [1.82, 2.24) is 15.3 Å². The van der Waals surface area contributed by atoms with Crippen LogP contribution in [0, 0.1) is 5.82 Å². The minimum Gasteiger partial charge on any atom is -0.472 e. The molecule has 21 heavy (non-hydrogen) atoms. The lowest BCUT2D eigenvalue weighted by Crippen LogP contribution is -2.45. The molecule has 0 aliphatic carbocycles. The average molecular weight is 358 g/mol. The maximum atomic E-state index is 13.3. The molecule has 1 aliphatic rings. The molecule has 0 amide bonds. The minimum atomic E-state index is -0.489. The molecule has 1 fully saturated rings. The Morgan fingerprint density at radius 3 is 3.14 bits per heavy atom. The zero-order valence-electron chi connectivity index (χ0n) is 11.0. The number of fused-ring (bicyclic) bond motifs is 1. The van der Waals surface area contributed by atoms with Crippen LogP contribution < -0.4 is 15.6 Å². The Morgan fingerprint density at radius 2 is 2.38 bits per heavy atom. The summed E-state index contributed by atoms with van der Waals surface area (Å²) in [4.78, 5) is 18.6. The summed E-state index contributed by atoms with van der Waals surface area (Å²) in [5.74, 6) is -0.494. The van der Waals surface area contributed by atoms with Crippen LogP contribution >= 0.6 is 15.9 Å². The first-order valence-corrected chi connectivity index (χ1v) is 7.26. The molecule has 8 heteroatoms. The molecule has 1 atom stereocenters. The summed E-state index contributed by atoms with van der Waals surface area (Å²) in [5.41, 5.74) is 0.272. The molecule has 0 bridgehead atoms. The highest BCUT2D eigenvalue weighted by atomic mass is 79.9. The molecular weight excluding hydrogens is 345 g/mol. The van der Waals surface area contributed by atoms with Crippen molar-refractivity contribution in [3.05, 3.63) is 32.8 Å². The van der Waals surface area contributed by atoms with E-state index in [4.69, 9.17) is 9.47 Å². The number of hydrogen-bond acceptors (Lipinski definition) is 5. The van der Waals surface area contributed by atoms with Crippen LogP contribution in [0.1, 0.15) is 0 Å². The summed E-state index contributed by atoms with van der Waals surface area (Å²) in [7, 11) is 0. The molecule has 2 heterocycles. The van der Waals surface area contributed by atoms with E-state index in [2.05, 4.69) is 31.2 Å². The second kappa shape index (κ2) is 6.08. The summed E-state index contributed by atoms with van der Waals surface area (Å²) in [6.45, 7) is 2.23. The van der Waals surface area contributed by atoms with Crippen molar-refractivity contribution in [2.75, 3.05) is 26.4 Å². The Labute approximate surface area is 127 Å². The molecule has 0 saturated carbocycles. The largest absolute Gasteiger partial charge is 0.472 e. The van der Waals surface area contributed by atoms with E-state index in [-0.39, 0.29) is 18.5 Å². The number of morpholine rings is 1. The van der Waals surface area contributed by atoms with Crippen molar-refractivity contribution < 1.29 is 13.9 Å². The van der Waals surface area contributed by atoms with Gasteiger partial charge in [-0.3, -0.25) is 4.79 Å². The SMILES string of the molecule is O=c1[nH]c2cc(F)cc(Br)c2nc1OC[C@@H]1COCCN1. The van der Waals surface area contributed by atoms with Gasteiger partial charge in [0.15, 0.2) is 0 Å². The summed E-state index contributed by atoms with van der Waals surface area (Å²) < 4.78 is 24.5. The lowest BCUT2D eigenvalue weighted by Gasteiger charge is -2.23. The molecule has 6 nitrogen and oxygen atoms in total. The lowest BCUT2D eigenvalue weighted by molar-refractivity contribution is 0.0583. The second-order valence-electron chi connectivity index (χ2n) is 4.69. The van der Waals surface area contributed by atoms with Gasteiger partial charge in [0.05, 0.1) is 24.8 Å². The van der Waals surface area contributed by atoms with Gasteiger partial charge in [-0.2, -0.15) is 0 Å². The molecule has 0 spiro atoms. The van der Waals surface area contributed by atoms with E-state index < -0.39 is 11.4 Å². The van der Waals surface area contributed by atoms with Gasteiger partial charge in [0.25, 0.3) is 5.88 Å². The van der Waals surface area contributed by atoms with Gasteiger partial charge in [-0.25, -0.2) is 9.37 Å². The molecule has 112 valence electrons. The number of rotatable bonds is 3. The van der Waals surface area contributed by atoms with Crippen LogP contribution in [0.15, 0.2) is 21.4 Å². The van der Waals surface area contributed by atoms with Crippen molar-refractivity contribution >= 4 is 27.0 Å². The molecule has 1 aliphatic heterocycles. The van der Waals surface area contributed by atoms with Gasteiger partial charge < -0.3 is 19.8 Å². The minimum absolute atomic E-state index is 0.0207. The van der Waals surface area contributed by atoms with E-state index in [0.29, 0.717) is 28.7 Å². The number of nitrogens with zero attached hydrogens (tertiary/aromatic N) is 1. The maximum Gasteiger partial charge on any atom is 0.311 e. The van der Waals surface area contributed by atoms with Crippen LogP contribution in [0.3, 0.4) is 0 Å². The van der Waals surface area contributed by atoms with Crippen LogP contribution in [-0.2, 0) is 4.74 Å². The van der Waals surface area contributed by atoms with E-state index in [9.17, 15) is 9.18 Å². The quantitative estimate of drug-likeness (QED) is 0.862. The van der Waals surface area contributed by atoms with Gasteiger partial charge in [0.1, 0.15) is 17.9 Å². The van der Waals surface area contributed by atoms with E-state index >= 15 is 0 Å². The zero-order valence-corrected chi connectivity index (χ0v) is 12.6.